The summed E-state index contributed by atoms with van der Waals surface area (Å²) < 4.78 is 1.58. The summed E-state index contributed by atoms with van der Waals surface area (Å²) in [6.07, 6.45) is 0. The highest BCUT2D eigenvalue weighted by Crippen LogP contribution is 2.03. The zero-order valence-corrected chi connectivity index (χ0v) is 8.61. The molecule has 1 rings (SSSR count). The molecule has 78 valence electrons. The van der Waals surface area contributed by atoms with Gasteiger partial charge in [0, 0.05) is 19.6 Å². The van der Waals surface area contributed by atoms with Crippen LogP contribution in [0.25, 0.3) is 0 Å². The summed E-state index contributed by atoms with van der Waals surface area (Å²) in [5.74, 6) is -0.989. The zero-order chi connectivity index (χ0) is 10.7. The highest BCUT2D eigenvalue weighted by atomic mass is 16.4. The SMILES string of the molecule is CC(C)NCc1cc(C(=O)O)nn1C. The number of carboxylic acids is 1. The van der Waals surface area contributed by atoms with Crippen molar-refractivity contribution in [3.63, 3.8) is 0 Å². The molecule has 0 fully saturated rings. The van der Waals surface area contributed by atoms with Crippen molar-refractivity contribution in [2.24, 2.45) is 7.05 Å². The van der Waals surface area contributed by atoms with E-state index in [2.05, 4.69) is 10.4 Å². The highest BCUT2D eigenvalue weighted by molar-refractivity contribution is 5.85. The predicted octanol–water partition coefficient (Wildman–Crippen LogP) is 0.616. The van der Waals surface area contributed by atoms with Crippen LogP contribution in [0.15, 0.2) is 6.07 Å². The van der Waals surface area contributed by atoms with E-state index >= 15 is 0 Å². The van der Waals surface area contributed by atoms with Gasteiger partial charge in [-0.15, -0.1) is 0 Å². The third-order valence-electron chi connectivity index (χ3n) is 1.89. The molecule has 0 aliphatic carbocycles. The van der Waals surface area contributed by atoms with Gasteiger partial charge in [-0.1, -0.05) is 13.8 Å². The van der Waals surface area contributed by atoms with Crippen molar-refractivity contribution in [1.29, 1.82) is 0 Å². The normalized spacial score (nSPS) is 10.9. The molecule has 0 aromatic carbocycles. The topological polar surface area (TPSA) is 67.2 Å². The highest BCUT2D eigenvalue weighted by Gasteiger charge is 2.10. The fourth-order valence-corrected chi connectivity index (χ4v) is 1.08. The van der Waals surface area contributed by atoms with Gasteiger partial charge < -0.3 is 10.4 Å². The zero-order valence-electron chi connectivity index (χ0n) is 8.61. The van der Waals surface area contributed by atoms with Crippen LogP contribution in [-0.4, -0.2) is 26.9 Å². The van der Waals surface area contributed by atoms with E-state index in [0.717, 1.165) is 5.69 Å². The molecular formula is C9H15N3O2. The number of aromatic carboxylic acids is 1. The molecule has 0 aliphatic rings. The van der Waals surface area contributed by atoms with Gasteiger partial charge in [0.25, 0.3) is 0 Å². The summed E-state index contributed by atoms with van der Waals surface area (Å²) in [7, 11) is 1.74. The summed E-state index contributed by atoms with van der Waals surface area (Å²) in [4.78, 5) is 10.6. The number of nitrogens with zero attached hydrogens (tertiary/aromatic N) is 2. The monoisotopic (exact) mass is 197 g/mol. The van der Waals surface area contributed by atoms with E-state index in [0.29, 0.717) is 12.6 Å². The maximum absolute atomic E-state index is 10.6. The van der Waals surface area contributed by atoms with Crippen molar-refractivity contribution in [3.8, 4) is 0 Å². The van der Waals surface area contributed by atoms with Gasteiger partial charge in [0.05, 0.1) is 5.69 Å². The minimum Gasteiger partial charge on any atom is -0.476 e. The van der Waals surface area contributed by atoms with Crippen LogP contribution in [0.4, 0.5) is 0 Å². The number of aromatic nitrogens is 2. The van der Waals surface area contributed by atoms with Gasteiger partial charge in [-0.2, -0.15) is 5.10 Å². The van der Waals surface area contributed by atoms with Gasteiger partial charge in [0.15, 0.2) is 5.69 Å². The Bertz CT molecular complexity index is 331. The van der Waals surface area contributed by atoms with Crippen LogP contribution in [0.2, 0.25) is 0 Å². The van der Waals surface area contributed by atoms with E-state index in [1.165, 1.54) is 0 Å². The van der Waals surface area contributed by atoms with Crippen molar-refractivity contribution in [2.45, 2.75) is 26.4 Å². The van der Waals surface area contributed by atoms with Crippen molar-refractivity contribution in [1.82, 2.24) is 15.1 Å². The minimum atomic E-state index is -0.989. The molecule has 0 saturated carbocycles. The lowest BCUT2D eigenvalue weighted by molar-refractivity contribution is 0.0689. The van der Waals surface area contributed by atoms with E-state index in [1.807, 2.05) is 13.8 Å². The van der Waals surface area contributed by atoms with Crippen molar-refractivity contribution >= 4 is 5.97 Å². The number of hydrogen-bond acceptors (Lipinski definition) is 3. The standard InChI is InChI=1S/C9H15N3O2/c1-6(2)10-5-7-4-8(9(13)14)11-12(7)3/h4,6,10H,5H2,1-3H3,(H,13,14). The number of nitrogens with one attached hydrogen (secondary N) is 1. The molecule has 0 unspecified atom stereocenters. The second-order valence-corrected chi connectivity index (χ2v) is 3.49. The maximum Gasteiger partial charge on any atom is 0.356 e. The van der Waals surface area contributed by atoms with E-state index < -0.39 is 5.97 Å². The Balaban J connectivity index is 2.72. The van der Waals surface area contributed by atoms with Gasteiger partial charge in [-0.05, 0) is 6.07 Å². The quantitative estimate of drug-likeness (QED) is 0.742. The van der Waals surface area contributed by atoms with Crippen molar-refractivity contribution in [2.75, 3.05) is 0 Å². The van der Waals surface area contributed by atoms with Crippen LogP contribution in [-0.2, 0) is 13.6 Å². The molecule has 0 radical (unpaired) electrons. The molecule has 0 spiro atoms. The molecule has 5 nitrogen and oxygen atoms in total. The third-order valence-corrected chi connectivity index (χ3v) is 1.89. The van der Waals surface area contributed by atoms with Crippen LogP contribution in [0.5, 0.6) is 0 Å². The van der Waals surface area contributed by atoms with Gasteiger partial charge in [0.2, 0.25) is 0 Å². The lowest BCUT2D eigenvalue weighted by atomic mass is 10.3. The molecular weight excluding hydrogens is 182 g/mol. The molecule has 0 bridgehead atoms. The first kappa shape index (κ1) is 10.7. The second-order valence-electron chi connectivity index (χ2n) is 3.49. The summed E-state index contributed by atoms with van der Waals surface area (Å²) in [6, 6.07) is 1.95. The van der Waals surface area contributed by atoms with Crippen LogP contribution in [0, 0.1) is 0 Å². The summed E-state index contributed by atoms with van der Waals surface area (Å²) in [6.45, 7) is 4.71. The number of rotatable bonds is 4. The molecule has 1 aromatic heterocycles. The smallest absolute Gasteiger partial charge is 0.356 e. The largest absolute Gasteiger partial charge is 0.476 e. The Morgan fingerprint density at radius 2 is 2.36 bits per heavy atom. The van der Waals surface area contributed by atoms with Crippen LogP contribution < -0.4 is 5.32 Å². The van der Waals surface area contributed by atoms with E-state index in [1.54, 1.807) is 17.8 Å². The lowest BCUT2D eigenvalue weighted by Gasteiger charge is -2.07. The lowest BCUT2D eigenvalue weighted by Crippen LogP contribution is -2.23. The Morgan fingerprint density at radius 1 is 1.71 bits per heavy atom. The van der Waals surface area contributed by atoms with Crippen molar-refractivity contribution < 1.29 is 9.90 Å². The average Bonchev–Trinajstić information content (AvgIpc) is 2.43. The molecule has 14 heavy (non-hydrogen) atoms. The molecule has 0 atom stereocenters. The van der Waals surface area contributed by atoms with Gasteiger partial charge in [-0.25, -0.2) is 4.79 Å². The van der Waals surface area contributed by atoms with Crippen LogP contribution in [0.1, 0.15) is 30.0 Å². The summed E-state index contributed by atoms with van der Waals surface area (Å²) in [5.41, 5.74) is 0.962. The molecule has 5 heteroatoms. The Morgan fingerprint density at radius 3 is 2.79 bits per heavy atom. The van der Waals surface area contributed by atoms with E-state index in [-0.39, 0.29) is 5.69 Å². The first-order valence-corrected chi connectivity index (χ1v) is 4.50. The van der Waals surface area contributed by atoms with E-state index in [9.17, 15) is 4.79 Å². The van der Waals surface area contributed by atoms with Gasteiger partial charge in [0.1, 0.15) is 0 Å². The molecule has 1 heterocycles. The maximum atomic E-state index is 10.6. The van der Waals surface area contributed by atoms with Crippen molar-refractivity contribution in [3.05, 3.63) is 17.5 Å². The molecule has 2 N–H and O–H groups in total. The number of carboxylic acid groups (broad SMARTS) is 1. The third kappa shape index (κ3) is 2.56. The molecule has 0 aliphatic heterocycles. The molecule has 0 amide bonds. The number of hydrogen-bond donors (Lipinski definition) is 2. The summed E-state index contributed by atoms with van der Waals surface area (Å²) in [5, 5.41) is 15.8. The fraction of sp³-hybridized carbons (Fsp3) is 0.556. The minimum absolute atomic E-state index is 0.0908. The average molecular weight is 197 g/mol. The predicted molar refractivity (Wildman–Crippen MR) is 52.1 cm³/mol. The van der Waals surface area contributed by atoms with E-state index in [4.69, 9.17) is 5.11 Å². The van der Waals surface area contributed by atoms with Crippen LogP contribution >= 0.6 is 0 Å². The molecule has 1 aromatic rings. The van der Waals surface area contributed by atoms with Crippen LogP contribution in [0.3, 0.4) is 0 Å². The first-order chi connectivity index (χ1) is 6.50. The second kappa shape index (κ2) is 4.23. The van der Waals surface area contributed by atoms with Gasteiger partial charge in [-0.3, -0.25) is 4.68 Å². The summed E-state index contributed by atoms with van der Waals surface area (Å²) >= 11 is 0. The first-order valence-electron chi connectivity index (χ1n) is 4.50. The Hall–Kier alpha value is -1.36. The fourth-order valence-electron chi connectivity index (χ4n) is 1.08. The Labute approximate surface area is 82.7 Å². The molecule has 0 saturated heterocycles. The number of aryl methyl sites for hydroxylation is 1. The van der Waals surface area contributed by atoms with Gasteiger partial charge >= 0.3 is 5.97 Å². The Kier molecular flexibility index (Phi) is 3.24. The number of carbonyl (C=O) groups is 1.